The first-order valence-corrected chi connectivity index (χ1v) is 8.21. The maximum absolute atomic E-state index is 12.4. The SMILES string of the molecule is CC[C@@H](C(=O)O)N1C(=O)/C(=C/c2cccc(Br)c2)SC1=S. The van der Waals surface area contributed by atoms with Gasteiger partial charge in [-0.15, -0.1) is 0 Å². The molecule has 0 aromatic heterocycles. The predicted octanol–water partition coefficient (Wildman–Crippen LogP) is 3.51. The Balaban J connectivity index is 2.31. The van der Waals surface area contributed by atoms with Gasteiger partial charge in [0.05, 0.1) is 4.91 Å². The second-order valence-electron chi connectivity index (χ2n) is 4.37. The normalized spacial score (nSPS) is 18.4. The molecule has 1 aromatic carbocycles. The summed E-state index contributed by atoms with van der Waals surface area (Å²) in [6.45, 7) is 1.72. The van der Waals surface area contributed by atoms with E-state index in [9.17, 15) is 14.7 Å². The van der Waals surface area contributed by atoms with Gasteiger partial charge < -0.3 is 5.11 Å². The van der Waals surface area contributed by atoms with E-state index in [1.807, 2.05) is 24.3 Å². The number of amides is 1. The molecule has 7 heteroatoms. The molecule has 0 saturated carbocycles. The molecular formula is C14H12BrNO3S2. The zero-order valence-electron chi connectivity index (χ0n) is 11.1. The zero-order chi connectivity index (χ0) is 15.6. The second-order valence-corrected chi connectivity index (χ2v) is 6.96. The highest BCUT2D eigenvalue weighted by atomic mass is 79.9. The predicted molar refractivity (Wildman–Crippen MR) is 90.9 cm³/mol. The van der Waals surface area contributed by atoms with Crippen LogP contribution in [0, 0.1) is 0 Å². The van der Waals surface area contributed by atoms with Crippen LogP contribution in [0.3, 0.4) is 0 Å². The molecule has 1 amide bonds. The van der Waals surface area contributed by atoms with Crippen LogP contribution in [-0.2, 0) is 9.59 Å². The second kappa shape index (κ2) is 6.72. The fourth-order valence-corrected chi connectivity index (χ4v) is 3.74. The molecule has 1 aromatic rings. The minimum Gasteiger partial charge on any atom is -0.480 e. The van der Waals surface area contributed by atoms with Crippen LogP contribution in [-0.4, -0.2) is 32.2 Å². The number of hydrogen-bond donors (Lipinski definition) is 1. The lowest BCUT2D eigenvalue weighted by Crippen LogP contribution is -2.43. The van der Waals surface area contributed by atoms with Crippen LogP contribution in [0.1, 0.15) is 18.9 Å². The molecule has 21 heavy (non-hydrogen) atoms. The van der Waals surface area contributed by atoms with Gasteiger partial charge >= 0.3 is 5.97 Å². The van der Waals surface area contributed by atoms with Crippen molar-refractivity contribution in [3.8, 4) is 0 Å². The third-order valence-electron chi connectivity index (χ3n) is 2.95. The summed E-state index contributed by atoms with van der Waals surface area (Å²) in [4.78, 5) is 25.2. The van der Waals surface area contributed by atoms with E-state index in [0.29, 0.717) is 11.3 Å². The van der Waals surface area contributed by atoms with Gasteiger partial charge in [0, 0.05) is 4.47 Å². The quantitative estimate of drug-likeness (QED) is 0.634. The van der Waals surface area contributed by atoms with Crippen molar-refractivity contribution in [3.05, 3.63) is 39.2 Å². The summed E-state index contributed by atoms with van der Waals surface area (Å²) < 4.78 is 1.19. The molecule has 1 N–H and O–H groups in total. The van der Waals surface area contributed by atoms with Crippen molar-refractivity contribution in [2.24, 2.45) is 0 Å². The highest BCUT2D eigenvalue weighted by Gasteiger charge is 2.39. The molecule has 110 valence electrons. The molecule has 0 radical (unpaired) electrons. The number of carboxylic acids is 1. The average molecular weight is 386 g/mol. The third-order valence-corrected chi connectivity index (χ3v) is 4.78. The van der Waals surface area contributed by atoms with Crippen molar-refractivity contribution in [2.45, 2.75) is 19.4 Å². The molecular weight excluding hydrogens is 374 g/mol. The van der Waals surface area contributed by atoms with Crippen LogP contribution in [0.4, 0.5) is 0 Å². The van der Waals surface area contributed by atoms with Crippen LogP contribution in [0.25, 0.3) is 6.08 Å². The van der Waals surface area contributed by atoms with Crippen molar-refractivity contribution >= 4 is 62.2 Å². The molecule has 1 fully saturated rings. The first-order chi connectivity index (χ1) is 9.93. The Kier molecular flexibility index (Phi) is 5.18. The number of thiocarbonyl (C=S) groups is 1. The minimum absolute atomic E-state index is 0.287. The lowest BCUT2D eigenvalue weighted by atomic mass is 10.2. The number of rotatable bonds is 4. The molecule has 1 heterocycles. The monoisotopic (exact) mass is 385 g/mol. The number of nitrogens with zero attached hydrogens (tertiary/aromatic N) is 1. The fraction of sp³-hybridized carbons (Fsp3) is 0.214. The Labute approximate surface area is 140 Å². The summed E-state index contributed by atoms with van der Waals surface area (Å²) in [5.74, 6) is -1.39. The molecule has 1 saturated heterocycles. The number of carboxylic acid groups (broad SMARTS) is 1. The van der Waals surface area contributed by atoms with Crippen molar-refractivity contribution in [1.82, 2.24) is 4.90 Å². The van der Waals surface area contributed by atoms with E-state index in [4.69, 9.17) is 12.2 Å². The first kappa shape index (κ1) is 16.2. The molecule has 1 aliphatic heterocycles. The summed E-state index contributed by atoms with van der Waals surface area (Å²) in [7, 11) is 0. The molecule has 0 spiro atoms. The van der Waals surface area contributed by atoms with E-state index in [-0.39, 0.29) is 10.2 Å². The summed E-state index contributed by atoms with van der Waals surface area (Å²) in [6.07, 6.45) is 2.03. The lowest BCUT2D eigenvalue weighted by Gasteiger charge is -2.21. The Hall–Kier alpha value is -1.18. The highest BCUT2D eigenvalue weighted by molar-refractivity contribution is 9.10. The van der Waals surface area contributed by atoms with Crippen LogP contribution >= 0.6 is 39.9 Å². The van der Waals surface area contributed by atoms with Crippen molar-refractivity contribution in [3.63, 3.8) is 0 Å². The molecule has 0 bridgehead atoms. The van der Waals surface area contributed by atoms with Crippen LogP contribution in [0.5, 0.6) is 0 Å². The lowest BCUT2D eigenvalue weighted by molar-refractivity contribution is -0.145. The van der Waals surface area contributed by atoms with E-state index in [1.54, 1.807) is 13.0 Å². The Morgan fingerprint density at radius 2 is 2.29 bits per heavy atom. The smallest absolute Gasteiger partial charge is 0.326 e. The van der Waals surface area contributed by atoms with Crippen LogP contribution < -0.4 is 0 Å². The highest BCUT2D eigenvalue weighted by Crippen LogP contribution is 2.34. The van der Waals surface area contributed by atoms with Gasteiger partial charge in [0.25, 0.3) is 5.91 Å². The fourth-order valence-electron chi connectivity index (χ4n) is 1.96. The van der Waals surface area contributed by atoms with Gasteiger partial charge in [-0.1, -0.05) is 59.0 Å². The molecule has 1 aliphatic rings. The molecule has 4 nitrogen and oxygen atoms in total. The van der Waals surface area contributed by atoms with Crippen molar-refractivity contribution in [1.29, 1.82) is 0 Å². The van der Waals surface area contributed by atoms with E-state index < -0.39 is 12.0 Å². The van der Waals surface area contributed by atoms with Crippen LogP contribution in [0.15, 0.2) is 33.6 Å². The van der Waals surface area contributed by atoms with Crippen molar-refractivity contribution < 1.29 is 14.7 Å². The molecule has 0 aliphatic carbocycles. The topological polar surface area (TPSA) is 57.6 Å². The largest absolute Gasteiger partial charge is 0.480 e. The zero-order valence-corrected chi connectivity index (χ0v) is 14.3. The van der Waals surface area contributed by atoms with Crippen molar-refractivity contribution in [2.75, 3.05) is 0 Å². The van der Waals surface area contributed by atoms with Gasteiger partial charge in [-0.05, 0) is 30.2 Å². The van der Waals surface area contributed by atoms with Gasteiger partial charge in [0.1, 0.15) is 10.4 Å². The molecule has 2 rings (SSSR count). The summed E-state index contributed by atoms with van der Waals surface area (Å²) in [5, 5.41) is 9.19. The van der Waals surface area contributed by atoms with Gasteiger partial charge in [-0.3, -0.25) is 9.69 Å². The van der Waals surface area contributed by atoms with Gasteiger partial charge in [0.2, 0.25) is 0 Å². The van der Waals surface area contributed by atoms with Crippen LogP contribution in [0.2, 0.25) is 0 Å². The average Bonchev–Trinajstić information content (AvgIpc) is 2.67. The Morgan fingerprint density at radius 1 is 1.57 bits per heavy atom. The maximum atomic E-state index is 12.4. The molecule has 1 atom stereocenters. The number of thioether (sulfide) groups is 1. The van der Waals surface area contributed by atoms with Gasteiger partial charge in [-0.25, -0.2) is 4.79 Å². The number of halogens is 1. The summed E-state index contributed by atoms with van der Waals surface area (Å²) >= 11 is 9.66. The number of aliphatic carboxylic acids is 1. The number of carbonyl (C=O) groups is 2. The van der Waals surface area contributed by atoms with E-state index in [1.165, 1.54) is 4.90 Å². The van der Waals surface area contributed by atoms with E-state index >= 15 is 0 Å². The van der Waals surface area contributed by atoms with E-state index in [2.05, 4.69) is 15.9 Å². The van der Waals surface area contributed by atoms with E-state index in [0.717, 1.165) is 21.8 Å². The summed E-state index contributed by atoms with van der Waals surface area (Å²) in [5.41, 5.74) is 0.855. The molecule has 0 unspecified atom stereocenters. The number of benzene rings is 1. The van der Waals surface area contributed by atoms with Gasteiger partial charge in [0.15, 0.2) is 0 Å². The number of carbonyl (C=O) groups excluding carboxylic acids is 1. The summed E-state index contributed by atoms with van der Waals surface area (Å²) in [6, 6.07) is 6.58. The minimum atomic E-state index is -1.04. The number of hydrogen-bond acceptors (Lipinski definition) is 4. The Bertz CT molecular complexity index is 645. The standard InChI is InChI=1S/C14H12BrNO3S2/c1-2-10(13(18)19)16-12(17)11(21-14(16)20)7-8-4-3-5-9(15)6-8/h3-7,10H,2H2,1H3,(H,18,19)/b11-7-/t10-/m0/s1. The third kappa shape index (κ3) is 3.53. The first-order valence-electron chi connectivity index (χ1n) is 6.19. The Morgan fingerprint density at radius 3 is 2.86 bits per heavy atom. The maximum Gasteiger partial charge on any atom is 0.326 e. The van der Waals surface area contributed by atoms with Gasteiger partial charge in [-0.2, -0.15) is 0 Å².